The summed E-state index contributed by atoms with van der Waals surface area (Å²) in [5.74, 6) is 0. The summed E-state index contributed by atoms with van der Waals surface area (Å²) >= 11 is 0. The average molecular weight is 305 g/mol. The molecular formula is C18H19N5. The van der Waals surface area contributed by atoms with E-state index in [1.807, 2.05) is 12.3 Å². The largest absolute Gasteiger partial charge is 0.342 e. The number of hydrogen-bond donors (Lipinski definition) is 0. The molecule has 5 heteroatoms. The molecule has 0 aliphatic carbocycles. The second-order valence-electron chi connectivity index (χ2n) is 6.93. The van der Waals surface area contributed by atoms with Crippen LogP contribution in [-0.4, -0.2) is 24.6 Å². The van der Waals surface area contributed by atoms with Crippen LogP contribution in [0.2, 0.25) is 0 Å². The van der Waals surface area contributed by atoms with E-state index in [9.17, 15) is 0 Å². The third-order valence-electron chi connectivity index (χ3n) is 4.22. The van der Waals surface area contributed by atoms with Crippen LogP contribution < -0.4 is 0 Å². The van der Waals surface area contributed by atoms with E-state index < -0.39 is 0 Å². The van der Waals surface area contributed by atoms with Crippen LogP contribution >= 0.6 is 0 Å². The monoisotopic (exact) mass is 305 g/mol. The van der Waals surface area contributed by atoms with Crippen molar-refractivity contribution in [1.82, 2.24) is 24.6 Å². The summed E-state index contributed by atoms with van der Waals surface area (Å²) in [4.78, 5) is 0. The van der Waals surface area contributed by atoms with Crippen molar-refractivity contribution in [2.75, 3.05) is 0 Å². The van der Waals surface area contributed by atoms with Gasteiger partial charge in [-0.1, -0.05) is 51.1 Å². The van der Waals surface area contributed by atoms with Gasteiger partial charge in [-0.2, -0.15) is 4.52 Å². The van der Waals surface area contributed by atoms with Crippen molar-refractivity contribution < 1.29 is 0 Å². The van der Waals surface area contributed by atoms with Gasteiger partial charge in [-0.05, 0) is 33.0 Å². The van der Waals surface area contributed by atoms with E-state index in [1.165, 1.54) is 11.1 Å². The number of hydrogen-bond acceptors (Lipinski definition) is 3. The molecule has 0 radical (unpaired) electrons. The Morgan fingerprint density at radius 3 is 2.57 bits per heavy atom. The lowest BCUT2D eigenvalue weighted by atomic mass is 9.85. The Morgan fingerprint density at radius 2 is 1.83 bits per heavy atom. The van der Waals surface area contributed by atoms with Crippen LogP contribution in [0.4, 0.5) is 0 Å². The second kappa shape index (κ2) is 4.91. The molecule has 23 heavy (non-hydrogen) atoms. The summed E-state index contributed by atoms with van der Waals surface area (Å²) in [5, 5.41) is 13.2. The Kier molecular flexibility index (Phi) is 2.98. The fourth-order valence-corrected chi connectivity index (χ4v) is 3.09. The van der Waals surface area contributed by atoms with Crippen molar-refractivity contribution >= 4 is 16.6 Å². The molecular weight excluding hydrogens is 286 g/mol. The van der Waals surface area contributed by atoms with E-state index in [0.29, 0.717) is 0 Å². The van der Waals surface area contributed by atoms with E-state index >= 15 is 0 Å². The number of benzene rings is 1. The Labute approximate surface area is 134 Å². The highest BCUT2D eigenvalue weighted by Crippen LogP contribution is 2.33. The minimum absolute atomic E-state index is 0.0326. The number of pyridine rings is 1. The van der Waals surface area contributed by atoms with Gasteiger partial charge in [0.2, 0.25) is 0 Å². The van der Waals surface area contributed by atoms with Crippen LogP contribution in [0, 0.1) is 0 Å². The zero-order valence-corrected chi connectivity index (χ0v) is 13.6. The molecule has 4 rings (SSSR count). The van der Waals surface area contributed by atoms with E-state index in [-0.39, 0.29) is 5.41 Å². The maximum absolute atomic E-state index is 4.22. The molecule has 0 spiro atoms. The fraction of sp³-hybridized carbons (Fsp3) is 0.278. The van der Waals surface area contributed by atoms with Crippen LogP contribution in [0.15, 0.2) is 48.8 Å². The molecule has 0 aliphatic rings. The minimum atomic E-state index is 0.0326. The highest BCUT2D eigenvalue weighted by Gasteiger charge is 2.22. The lowest BCUT2D eigenvalue weighted by Crippen LogP contribution is -2.13. The SMILES string of the molecule is CC(C)(C)c1ccn(Cc2ccccc2)c2cn3nnnc3c12. The Hall–Kier alpha value is -2.69. The molecule has 0 unspecified atom stereocenters. The third-order valence-corrected chi connectivity index (χ3v) is 4.22. The van der Waals surface area contributed by atoms with Crippen LogP contribution in [0.1, 0.15) is 31.9 Å². The molecule has 0 aliphatic heterocycles. The van der Waals surface area contributed by atoms with Crippen LogP contribution in [0.3, 0.4) is 0 Å². The fourth-order valence-electron chi connectivity index (χ4n) is 3.09. The zero-order chi connectivity index (χ0) is 16.0. The van der Waals surface area contributed by atoms with Crippen molar-refractivity contribution in [3.63, 3.8) is 0 Å². The summed E-state index contributed by atoms with van der Waals surface area (Å²) in [6.45, 7) is 7.48. The highest BCUT2D eigenvalue weighted by molar-refractivity contribution is 5.96. The van der Waals surface area contributed by atoms with E-state index in [1.54, 1.807) is 4.52 Å². The molecule has 3 heterocycles. The maximum Gasteiger partial charge on any atom is 0.188 e. The highest BCUT2D eigenvalue weighted by atomic mass is 15.5. The summed E-state index contributed by atoms with van der Waals surface area (Å²) in [6, 6.07) is 12.7. The number of rotatable bonds is 2. The first kappa shape index (κ1) is 13.9. The van der Waals surface area contributed by atoms with Crippen molar-refractivity contribution in [3.05, 3.63) is 59.9 Å². The standard InChI is InChI=1S/C18H19N5/c1-18(2,3)14-9-10-22(11-13-7-5-4-6-8-13)15-12-23-17(16(14)15)19-20-21-23/h4-10,12H,11H2,1-3H3. The summed E-state index contributed by atoms with van der Waals surface area (Å²) < 4.78 is 4.01. The van der Waals surface area contributed by atoms with Gasteiger partial charge in [-0.15, -0.1) is 5.10 Å². The summed E-state index contributed by atoms with van der Waals surface area (Å²) in [5.41, 5.74) is 4.53. The van der Waals surface area contributed by atoms with Gasteiger partial charge in [0.05, 0.1) is 17.1 Å². The lowest BCUT2D eigenvalue weighted by Gasteiger charge is -2.21. The Balaban J connectivity index is 1.97. The van der Waals surface area contributed by atoms with Crippen LogP contribution in [0.5, 0.6) is 0 Å². The van der Waals surface area contributed by atoms with E-state index in [0.717, 1.165) is 23.1 Å². The second-order valence-corrected chi connectivity index (χ2v) is 6.93. The van der Waals surface area contributed by atoms with E-state index in [4.69, 9.17) is 0 Å². The predicted molar refractivity (Wildman–Crippen MR) is 90.5 cm³/mol. The maximum atomic E-state index is 4.22. The molecule has 0 saturated heterocycles. The number of aromatic nitrogens is 5. The molecule has 0 atom stereocenters. The number of fused-ring (bicyclic) bond motifs is 3. The normalized spacial score (nSPS) is 12.3. The van der Waals surface area contributed by atoms with Crippen molar-refractivity contribution in [2.45, 2.75) is 32.7 Å². The summed E-state index contributed by atoms with van der Waals surface area (Å²) in [6.07, 6.45) is 4.17. The molecule has 4 aromatic rings. The Morgan fingerprint density at radius 1 is 1.04 bits per heavy atom. The molecule has 5 nitrogen and oxygen atoms in total. The first-order chi connectivity index (χ1) is 11.0. The molecule has 0 amide bonds. The van der Waals surface area contributed by atoms with E-state index in [2.05, 4.69) is 77.4 Å². The van der Waals surface area contributed by atoms with Gasteiger partial charge in [0.15, 0.2) is 5.65 Å². The molecule has 3 aromatic heterocycles. The topological polar surface area (TPSA) is 48.0 Å². The van der Waals surface area contributed by atoms with Gasteiger partial charge >= 0.3 is 0 Å². The van der Waals surface area contributed by atoms with Crippen LogP contribution in [-0.2, 0) is 12.0 Å². The molecule has 0 bridgehead atoms. The van der Waals surface area contributed by atoms with Gasteiger partial charge in [0.1, 0.15) is 0 Å². The van der Waals surface area contributed by atoms with Gasteiger partial charge in [0, 0.05) is 12.7 Å². The quantitative estimate of drug-likeness (QED) is 0.570. The zero-order valence-electron chi connectivity index (χ0n) is 13.6. The Bertz CT molecular complexity index is 973. The summed E-state index contributed by atoms with van der Waals surface area (Å²) in [7, 11) is 0. The molecule has 0 saturated carbocycles. The number of nitrogens with zero attached hydrogens (tertiary/aromatic N) is 5. The molecule has 1 aromatic carbocycles. The van der Waals surface area contributed by atoms with Crippen LogP contribution in [0.25, 0.3) is 16.6 Å². The van der Waals surface area contributed by atoms with Crippen molar-refractivity contribution in [2.24, 2.45) is 0 Å². The first-order valence-corrected chi connectivity index (χ1v) is 7.78. The van der Waals surface area contributed by atoms with Crippen molar-refractivity contribution in [3.8, 4) is 0 Å². The van der Waals surface area contributed by atoms with Gasteiger partial charge in [0.25, 0.3) is 0 Å². The average Bonchev–Trinajstić information content (AvgIpc) is 3.09. The van der Waals surface area contributed by atoms with Gasteiger partial charge < -0.3 is 4.57 Å². The van der Waals surface area contributed by atoms with Gasteiger partial charge in [-0.3, -0.25) is 0 Å². The first-order valence-electron chi connectivity index (χ1n) is 7.78. The van der Waals surface area contributed by atoms with Crippen molar-refractivity contribution in [1.29, 1.82) is 0 Å². The molecule has 116 valence electrons. The lowest BCUT2D eigenvalue weighted by molar-refractivity contribution is 0.594. The molecule has 0 fully saturated rings. The predicted octanol–water partition coefficient (Wildman–Crippen LogP) is 3.42. The molecule has 0 N–H and O–H groups in total. The minimum Gasteiger partial charge on any atom is -0.342 e. The van der Waals surface area contributed by atoms with Gasteiger partial charge in [-0.25, -0.2) is 0 Å². The smallest absolute Gasteiger partial charge is 0.188 e. The third kappa shape index (κ3) is 2.29. The number of tetrazole rings is 1.